The predicted octanol–water partition coefficient (Wildman–Crippen LogP) is -0.277. The molecule has 96 valence electrons. The van der Waals surface area contributed by atoms with Crippen molar-refractivity contribution in [3.05, 3.63) is 0 Å². The van der Waals surface area contributed by atoms with E-state index in [2.05, 4.69) is 20.9 Å². The Morgan fingerprint density at radius 1 is 1.06 bits per heavy atom. The number of nitrogens with one attached hydrogen (secondary N) is 3. The monoisotopic (exact) mass is 236 g/mol. The van der Waals surface area contributed by atoms with Crippen LogP contribution in [0, 0.1) is 5.41 Å². The third-order valence-corrected chi connectivity index (χ3v) is 5.45. The van der Waals surface area contributed by atoms with Gasteiger partial charge in [0.25, 0.3) is 0 Å². The van der Waals surface area contributed by atoms with Crippen molar-refractivity contribution in [2.24, 2.45) is 5.41 Å². The van der Waals surface area contributed by atoms with Gasteiger partial charge in [-0.15, -0.1) is 0 Å². The highest BCUT2D eigenvalue weighted by molar-refractivity contribution is 5.08. The maximum absolute atomic E-state index is 3.78. The quantitative estimate of drug-likeness (QED) is 0.586. The molecule has 0 aromatic rings. The van der Waals surface area contributed by atoms with Gasteiger partial charge in [-0.1, -0.05) is 0 Å². The Kier molecular flexibility index (Phi) is 2.32. The highest BCUT2D eigenvalue weighted by Gasteiger charge is 2.49. The molecule has 3 N–H and O–H groups in total. The predicted molar refractivity (Wildman–Crippen MR) is 67.9 cm³/mol. The SMILES string of the molecule is C1CNC2(C1)CN(C1CCC3(CNC3)CN1)C2. The lowest BCUT2D eigenvalue weighted by atomic mass is 9.74. The smallest absolute Gasteiger partial charge is 0.0598 e. The van der Waals surface area contributed by atoms with Gasteiger partial charge < -0.3 is 16.0 Å². The molecule has 4 saturated heterocycles. The molecule has 4 rings (SSSR count). The molecule has 4 fully saturated rings. The highest BCUT2D eigenvalue weighted by Crippen LogP contribution is 2.36. The number of hydrogen-bond donors (Lipinski definition) is 3. The van der Waals surface area contributed by atoms with Gasteiger partial charge in [-0.25, -0.2) is 0 Å². The van der Waals surface area contributed by atoms with E-state index in [4.69, 9.17) is 0 Å². The maximum Gasteiger partial charge on any atom is 0.0598 e. The van der Waals surface area contributed by atoms with E-state index in [0.717, 1.165) is 0 Å². The molecule has 0 saturated carbocycles. The van der Waals surface area contributed by atoms with Gasteiger partial charge in [0.05, 0.1) is 6.17 Å². The molecule has 2 spiro atoms. The summed E-state index contributed by atoms with van der Waals surface area (Å²) in [6, 6.07) is 0. The summed E-state index contributed by atoms with van der Waals surface area (Å²) in [5, 5.41) is 10.9. The number of hydrogen-bond acceptors (Lipinski definition) is 4. The third kappa shape index (κ3) is 1.65. The summed E-state index contributed by atoms with van der Waals surface area (Å²) in [7, 11) is 0. The van der Waals surface area contributed by atoms with Crippen LogP contribution in [-0.2, 0) is 0 Å². The summed E-state index contributed by atoms with van der Waals surface area (Å²) in [5.41, 5.74) is 1.12. The van der Waals surface area contributed by atoms with E-state index in [1.165, 1.54) is 65.0 Å². The van der Waals surface area contributed by atoms with E-state index >= 15 is 0 Å². The Balaban J connectivity index is 1.30. The molecule has 0 bridgehead atoms. The van der Waals surface area contributed by atoms with Gasteiger partial charge in [-0.05, 0) is 32.2 Å². The molecule has 1 atom stereocenters. The van der Waals surface area contributed by atoms with Gasteiger partial charge in [0.2, 0.25) is 0 Å². The van der Waals surface area contributed by atoms with Gasteiger partial charge in [-0.2, -0.15) is 0 Å². The van der Waals surface area contributed by atoms with E-state index in [9.17, 15) is 0 Å². The average molecular weight is 236 g/mol. The Bertz CT molecular complexity index is 289. The van der Waals surface area contributed by atoms with Crippen molar-refractivity contribution in [3.63, 3.8) is 0 Å². The molecular formula is C13H24N4. The molecule has 4 nitrogen and oxygen atoms in total. The van der Waals surface area contributed by atoms with E-state index in [0.29, 0.717) is 17.1 Å². The molecular weight excluding hydrogens is 212 g/mol. The molecule has 0 amide bonds. The minimum Gasteiger partial charge on any atom is -0.315 e. The third-order valence-electron chi connectivity index (χ3n) is 5.45. The van der Waals surface area contributed by atoms with Crippen LogP contribution in [0.5, 0.6) is 0 Å². The summed E-state index contributed by atoms with van der Waals surface area (Å²) < 4.78 is 0. The number of likely N-dealkylation sites (tertiary alicyclic amines) is 1. The molecule has 4 aliphatic heterocycles. The van der Waals surface area contributed by atoms with Crippen LogP contribution in [0.3, 0.4) is 0 Å². The Morgan fingerprint density at radius 3 is 2.47 bits per heavy atom. The van der Waals surface area contributed by atoms with Crippen molar-refractivity contribution in [2.45, 2.75) is 37.4 Å². The zero-order chi connectivity index (χ0) is 11.3. The van der Waals surface area contributed by atoms with Crippen LogP contribution in [0.1, 0.15) is 25.7 Å². The minimum absolute atomic E-state index is 0.509. The van der Waals surface area contributed by atoms with Crippen LogP contribution in [0.25, 0.3) is 0 Å². The molecule has 0 radical (unpaired) electrons. The first kappa shape index (κ1) is 10.7. The maximum atomic E-state index is 3.78. The van der Waals surface area contributed by atoms with Crippen molar-refractivity contribution in [1.82, 2.24) is 20.9 Å². The Morgan fingerprint density at radius 2 is 1.94 bits per heavy atom. The molecule has 4 aliphatic rings. The first-order valence-corrected chi connectivity index (χ1v) is 7.23. The molecule has 4 heteroatoms. The first-order valence-electron chi connectivity index (χ1n) is 7.23. The van der Waals surface area contributed by atoms with E-state index in [1.807, 2.05) is 0 Å². The summed E-state index contributed by atoms with van der Waals surface area (Å²) in [5.74, 6) is 0. The number of piperidine rings is 1. The molecule has 17 heavy (non-hydrogen) atoms. The second kappa shape index (κ2) is 3.67. The summed E-state index contributed by atoms with van der Waals surface area (Å²) >= 11 is 0. The standard InChI is InChI=1S/C13H24N4/c1-3-13(16-5-1)9-17(10-13)11-2-4-12(8-15-11)6-14-7-12/h11,14-16H,1-10H2. The van der Waals surface area contributed by atoms with Crippen LogP contribution in [0.15, 0.2) is 0 Å². The lowest BCUT2D eigenvalue weighted by molar-refractivity contribution is -0.0313. The Hall–Kier alpha value is -0.160. The van der Waals surface area contributed by atoms with Crippen LogP contribution < -0.4 is 16.0 Å². The summed E-state index contributed by atoms with van der Waals surface area (Å²) in [6.07, 6.45) is 6.19. The summed E-state index contributed by atoms with van der Waals surface area (Å²) in [6.45, 7) is 7.48. The van der Waals surface area contributed by atoms with Crippen LogP contribution >= 0.6 is 0 Å². The topological polar surface area (TPSA) is 39.3 Å². The fourth-order valence-corrected chi connectivity index (χ4v) is 4.15. The second-order valence-electron chi connectivity index (χ2n) is 6.75. The average Bonchev–Trinajstić information content (AvgIpc) is 2.74. The molecule has 0 aromatic heterocycles. The van der Waals surface area contributed by atoms with Gasteiger partial charge in [0.1, 0.15) is 0 Å². The minimum atomic E-state index is 0.509. The van der Waals surface area contributed by atoms with Gasteiger partial charge >= 0.3 is 0 Å². The van der Waals surface area contributed by atoms with Gasteiger partial charge in [-0.3, -0.25) is 4.90 Å². The normalized spacial score (nSPS) is 39.2. The zero-order valence-electron chi connectivity index (χ0n) is 10.6. The molecule has 0 aromatic carbocycles. The van der Waals surface area contributed by atoms with Crippen molar-refractivity contribution in [3.8, 4) is 0 Å². The molecule has 4 heterocycles. The van der Waals surface area contributed by atoms with Gasteiger partial charge in [0.15, 0.2) is 0 Å². The first-order chi connectivity index (χ1) is 8.29. The zero-order valence-corrected chi connectivity index (χ0v) is 10.6. The highest BCUT2D eigenvalue weighted by atomic mass is 15.4. The van der Waals surface area contributed by atoms with Crippen molar-refractivity contribution in [2.75, 3.05) is 39.3 Å². The fourth-order valence-electron chi connectivity index (χ4n) is 4.15. The number of nitrogens with zero attached hydrogens (tertiary/aromatic N) is 1. The van der Waals surface area contributed by atoms with Crippen molar-refractivity contribution in [1.29, 1.82) is 0 Å². The largest absolute Gasteiger partial charge is 0.315 e. The number of rotatable bonds is 1. The lowest BCUT2D eigenvalue weighted by Crippen LogP contribution is -2.73. The van der Waals surface area contributed by atoms with Crippen molar-refractivity contribution >= 4 is 0 Å². The Labute approximate surface area is 104 Å². The summed E-state index contributed by atoms with van der Waals surface area (Å²) in [4.78, 5) is 2.65. The van der Waals surface area contributed by atoms with E-state index in [-0.39, 0.29) is 0 Å². The van der Waals surface area contributed by atoms with Crippen molar-refractivity contribution < 1.29 is 0 Å². The van der Waals surface area contributed by atoms with Crippen LogP contribution in [0.2, 0.25) is 0 Å². The van der Waals surface area contributed by atoms with E-state index in [1.54, 1.807) is 0 Å². The van der Waals surface area contributed by atoms with Gasteiger partial charge in [0, 0.05) is 43.7 Å². The molecule has 1 unspecified atom stereocenters. The fraction of sp³-hybridized carbons (Fsp3) is 1.00. The van der Waals surface area contributed by atoms with Crippen LogP contribution in [-0.4, -0.2) is 55.9 Å². The second-order valence-corrected chi connectivity index (χ2v) is 6.75. The van der Waals surface area contributed by atoms with Crippen LogP contribution in [0.4, 0.5) is 0 Å². The van der Waals surface area contributed by atoms with E-state index < -0.39 is 0 Å². The lowest BCUT2D eigenvalue weighted by Gasteiger charge is -2.56. The molecule has 0 aliphatic carbocycles.